The third kappa shape index (κ3) is 3.47. The summed E-state index contributed by atoms with van der Waals surface area (Å²) in [6, 6.07) is 7.58. The van der Waals surface area contributed by atoms with Crippen molar-refractivity contribution in [1.29, 1.82) is 0 Å². The number of carbonyl (C=O) groups excluding carboxylic acids is 2. The fourth-order valence-electron chi connectivity index (χ4n) is 3.27. The van der Waals surface area contributed by atoms with E-state index in [1.807, 2.05) is 35.9 Å². The maximum atomic E-state index is 12.9. The number of nitrogens with one attached hydrogen (secondary N) is 1. The van der Waals surface area contributed by atoms with Gasteiger partial charge in [-0.2, -0.15) is 16.4 Å². The molecule has 8 heteroatoms. The molecule has 4 heterocycles. The fraction of sp³-hybridized carbons (Fsp3) is 0.316. The Morgan fingerprint density at radius 1 is 1.37 bits per heavy atom. The van der Waals surface area contributed by atoms with Crippen molar-refractivity contribution in [3.8, 4) is 0 Å². The van der Waals surface area contributed by atoms with Crippen LogP contribution in [0.4, 0.5) is 0 Å². The van der Waals surface area contributed by atoms with Gasteiger partial charge in [-0.15, -0.1) is 11.3 Å². The second-order valence-electron chi connectivity index (χ2n) is 6.79. The van der Waals surface area contributed by atoms with Crippen LogP contribution in [0.25, 0.3) is 0 Å². The number of carbonyl (C=O) groups is 2. The van der Waals surface area contributed by atoms with Crippen molar-refractivity contribution in [2.45, 2.75) is 31.6 Å². The third-order valence-corrected chi connectivity index (χ3v) is 6.95. The molecule has 0 spiro atoms. The van der Waals surface area contributed by atoms with Gasteiger partial charge in [0.25, 0.3) is 5.91 Å². The highest BCUT2D eigenvalue weighted by Gasteiger charge is 2.42. The van der Waals surface area contributed by atoms with Crippen molar-refractivity contribution in [1.82, 2.24) is 15.1 Å². The van der Waals surface area contributed by atoms with Gasteiger partial charge >= 0.3 is 0 Å². The highest BCUT2D eigenvalue weighted by Crippen LogP contribution is 2.31. The van der Waals surface area contributed by atoms with Crippen LogP contribution in [0.5, 0.6) is 0 Å². The van der Waals surface area contributed by atoms with Crippen LogP contribution in [-0.4, -0.2) is 28.1 Å². The molecule has 0 aliphatic carbocycles. The highest BCUT2D eigenvalue weighted by molar-refractivity contribution is 7.16. The molecule has 3 aromatic rings. The van der Waals surface area contributed by atoms with Crippen LogP contribution >= 0.6 is 34.3 Å². The van der Waals surface area contributed by atoms with E-state index < -0.39 is 5.41 Å². The van der Waals surface area contributed by atoms with Gasteiger partial charge in [0.05, 0.1) is 21.0 Å². The maximum absolute atomic E-state index is 12.9. The molecule has 1 unspecified atom stereocenters. The third-order valence-electron chi connectivity index (χ3n) is 4.98. The van der Waals surface area contributed by atoms with Crippen LogP contribution < -0.4 is 5.32 Å². The minimum Gasteiger partial charge on any atom is -0.355 e. The van der Waals surface area contributed by atoms with E-state index in [4.69, 9.17) is 11.6 Å². The van der Waals surface area contributed by atoms with Gasteiger partial charge in [-0.3, -0.25) is 9.59 Å². The van der Waals surface area contributed by atoms with Crippen LogP contribution in [0, 0.1) is 0 Å². The maximum Gasteiger partial charge on any atom is 0.279 e. The lowest BCUT2D eigenvalue weighted by Crippen LogP contribution is -2.33. The predicted molar refractivity (Wildman–Crippen MR) is 108 cm³/mol. The summed E-state index contributed by atoms with van der Waals surface area (Å²) in [5.41, 5.74) is 1.38. The van der Waals surface area contributed by atoms with Crippen LogP contribution in [-0.2, 0) is 23.1 Å². The van der Waals surface area contributed by atoms with Gasteiger partial charge in [0.15, 0.2) is 0 Å². The van der Waals surface area contributed by atoms with Crippen molar-refractivity contribution in [2.75, 3.05) is 6.54 Å². The van der Waals surface area contributed by atoms with Gasteiger partial charge in [-0.25, -0.2) is 4.68 Å². The summed E-state index contributed by atoms with van der Waals surface area (Å²) in [5.74, 6) is -0.199. The zero-order chi connectivity index (χ0) is 19.0. The number of aromatic nitrogens is 2. The van der Waals surface area contributed by atoms with E-state index in [9.17, 15) is 9.59 Å². The molecular formula is C19H18ClN3O2S2. The first kappa shape index (κ1) is 18.4. The normalized spacial score (nSPS) is 19.4. The zero-order valence-corrected chi connectivity index (χ0v) is 17.1. The fourth-order valence-corrected chi connectivity index (χ4v) is 4.98. The number of rotatable bonds is 5. The second-order valence-corrected chi connectivity index (χ2v) is 9.37. The van der Waals surface area contributed by atoms with Crippen molar-refractivity contribution in [2.24, 2.45) is 0 Å². The van der Waals surface area contributed by atoms with Gasteiger partial charge in [-0.1, -0.05) is 11.6 Å². The molecule has 27 heavy (non-hydrogen) atoms. The van der Waals surface area contributed by atoms with Crippen molar-refractivity contribution < 1.29 is 9.59 Å². The molecule has 5 nitrogen and oxygen atoms in total. The molecule has 0 aromatic carbocycles. The monoisotopic (exact) mass is 419 g/mol. The summed E-state index contributed by atoms with van der Waals surface area (Å²) in [5, 5.41) is 11.1. The summed E-state index contributed by atoms with van der Waals surface area (Å²) in [6.07, 6.45) is 2.09. The molecule has 1 aliphatic heterocycles. The Morgan fingerprint density at radius 2 is 2.22 bits per heavy atom. The van der Waals surface area contributed by atoms with Gasteiger partial charge in [-0.05, 0) is 55.8 Å². The molecule has 1 aliphatic rings. The Hall–Kier alpha value is -1.96. The van der Waals surface area contributed by atoms with Gasteiger partial charge in [0.2, 0.25) is 5.91 Å². The van der Waals surface area contributed by atoms with Crippen LogP contribution in [0.3, 0.4) is 0 Å². The SMILES string of the molecule is CC1(c2cc(CCc3ccc(Cl)s3)n(C(=O)c3ccsc3)n2)CCNC1=O. The Labute approximate surface area is 170 Å². The van der Waals surface area contributed by atoms with E-state index >= 15 is 0 Å². The average Bonchev–Trinajstić information content (AvgIpc) is 3.41. The number of halogens is 1. The van der Waals surface area contributed by atoms with E-state index in [2.05, 4.69) is 10.4 Å². The lowest BCUT2D eigenvalue weighted by atomic mass is 9.85. The molecule has 0 radical (unpaired) electrons. The van der Waals surface area contributed by atoms with E-state index in [-0.39, 0.29) is 11.8 Å². The molecule has 1 atom stereocenters. The minimum absolute atomic E-state index is 0.0354. The number of thiophene rings is 2. The Kier molecular flexibility index (Phi) is 4.92. The van der Waals surface area contributed by atoms with Crippen LogP contribution in [0.1, 0.15) is 40.0 Å². The summed E-state index contributed by atoms with van der Waals surface area (Å²) in [7, 11) is 0. The largest absolute Gasteiger partial charge is 0.355 e. The highest BCUT2D eigenvalue weighted by atomic mass is 35.5. The second kappa shape index (κ2) is 7.22. The van der Waals surface area contributed by atoms with Crippen LogP contribution in [0.15, 0.2) is 35.0 Å². The quantitative estimate of drug-likeness (QED) is 0.681. The van der Waals surface area contributed by atoms with E-state index in [0.717, 1.165) is 21.3 Å². The van der Waals surface area contributed by atoms with Gasteiger partial charge in [0, 0.05) is 22.5 Å². The van der Waals surface area contributed by atoms with Crippen molar-refractivity contribution >= 4 is 46.1 Å². The Balaban J connectivity index is 1.68. The first-order chi connectivity index (χ1) is 13.0. The Bertz CT molecular complexity index is 993. The minimum atomic E-state index is -0.693. The number of nitrogens with zero attached hydrogens (tertiary/aromatic N) is 2. The van der Waals surface area contributed by atoms with Gasteiger partial charge < -0.3 is 5.32 Å². The first-order valence-electron chi connectivity index (χ1n) is 8.66. The lowest BCUT2D eigenvalue weighted by Gasteiger charge is -2.16. The summed E-state index contributed by atoms with van der Waals surface area (Å²) in [6.45, 7) is 2.52. The molecule has 4 rings (SSSR count). The number of hydrogen-bond donors (Lipinski definition) is 1. The standard InChI is InChI=1S/C19H18ClN3O2S2/c1-19(7-8-21-18(19)25)15-10-13(2-3-14-4-5-16(20)27-14)23(22-15)17(24)12-6-9-26-11-12/h4-6,9-11H,2-3,7-8H2,1H3,(H,21,25). The van der Waals surface area contributed by atoms with Crippen molar-refractivity contribution in [3.63, 3.8) is 0 Å². The molecule has 1 amide bonds. The van der Waals surface area contributed by atoms with Gasteiger partial charge in [0.1, 0.15) is 0 Å². The van der Waals surface area contributed by atoms with E-state index in [1.54, 1.807) is 6.07 Å². The molecular weight excluding hydrogens is 402 g/mol. The van der Waals surface area contributed by atoms with Crippen LogP contribution in [0.2, 0.25) is 4.34 Å². The number of aryl methyl sites for hydroxylation is 2. The molecule has 1 fully saturated rings. The molecule has 140 valence electrons. The number of amides is 1. The molecule has 0 bridgehead atoms. The van der Waals surface area contributed by atoms with Crippen molar-refractivity contribution in [3.05, 3.63) is 61.2 Å². The lowest BCUT2D eigenvalue weighted by molar-refractivity contribution is -0.123. The zero-order valence-electron chi connectivity index (χ0n) is 14.7. The topological polar surface area (TPSA) is 64.0 Å². The molecule has 1 saturated heterocycles. The summed E-state index contributed by atoms with van der Waals surface area (Å²) in [4.78, 5) is 26.4. The summed E-state index contributed by atoms with van der Waals surface area (Å²) < 4.78 is 2.22. The summed E-state index contributed by atoms with van der Waals surface area (Å²) >= 11 is 9.03. The molecule has 3 aromatic heterocycles. The molecule has 0 saturated carbocycles. The van der Waals surface area contributed by atoms with E-state index in [0.29, 0.717) is 30.6 Å². The Morgan fingerprint density at radius 3 is 2.85 bits per heavy atom. The first-order valence-corrected chi connectivity index (χ1v) is 10.8. The average molecular weight is 420 g/mol. The van der Waals surface area contributed by atoms with E-state index in [1.165, 1.54) is 27.4 Å². The number of hydrogen-bond acceptors (Lipinski definition) is 5. The predicted octanol–water partition coefficient (Wildman–Crippen LogP) is 3.91. The smallest absolute Gasteiger partial charge is 0.279 e. The molecule has 1 N–H and O–H groups in total.